The van der Waals surface area contributed by atoms with E-state index in [1.54, 1.807) is 42.0 Å². The molecule has 0 unspecified atom stereocenters. The maximum Gasteiger partial charge on any atom is 0.279 e. The quantitative estimate of drug-likeness (QED) is 0.615. The fourth-order valence-electron chi connectivity index (χ4n) is 2.94. The van der Waals surface area contributed by atoms with Crippen LogP contribution in [0.5, 0.6) is 17.2 Å². The fourth-order valence-corrected chi connectivity index (χ4v) is 4.26. The molecule has 0 spiro atoms. The molecule has 28 heavy (non-hydrogen) atoms. The smallest absolute Gasteiger partial charge is 0.279 e. The highest BCUT2D eigenvalue weighted by Crippen LogP contribution is 2.34. The van der Waals surface area contributed by atoms with E-state index in [0.717, 1.165) is 4.70 Å². The molecule has 0 atom stereocenters. The number of halogens is 1. The minimum absolute atomic E-state index is 0.226. The first-order valence-corrected chi connectivity index (χ1v) is 9.60. The van der Waals surface area contributed by atoms with E-state index in [2.05, 4.69) is 10.9 Å². The fraction of sp³-hybridized carbons (Fsp3) is 0.200. The largest absolute Gasteiger partial charge is 0.495 e. The van der Waals surface area contributed by atoms with Crippen molar-refractivity contribution in [3.8, 4) is 29.6 Å². The minimum atomic E-state index is -0.413. The van der Waals surface area contributed by atoms with Crippen molar-refractivity contribution in [3.05, 3.63) is 45.7 Å². The van der Waals surface area contributed by atoms with Crippen LogP contribution in [0.4, 0.5) is 0 Å². The Labute approximate surface area is 169 Å². The average Bonchev–Trinajstić information content (AvgIpc) is 3.07. The van der Waals surface area contributed by atoms with Gasteiger partial charge in [-0.05, 0) is 30.3 Å². The van der Waals surface area contributed by atoms with Crippen LogP contribution in [0.25, 0.3) is 10.2 Å². The molecule has 0 saturated carbocycles. The van der Waals surface area contributed by atoms with Gasteiger partial charge in [0.2, 0.25) is 0 Å². The molecule has 4 rings (SSSR count). The van der Waals surface area contributed by atoms with Gasteiger partial charge in [-0.25, -0.2) is 0 Å². The second-order valence-corrected chi connectivity index (χ2v) is 7.26. The number of methoxy groups -OCH3 is 1. The van der Waals surface area contributed by atoms with E-state index in [4.69, 9.17) is 32.2 Å². The zero-order valence-electron chi connectivity index (χ0n) is 14.9. The topological polar surface area (TPSA) is 62.1 Å². The first kappa shape index (κ1) is 18.4. The lowest BCUT2D eigenvalue weighted by Gasteiger charge is -2.18. The van der Waals surface area contributed by atoms with Gasteiger partial charge in [0.15, 0.2) is 16.3 Å². The number of hydrogen-bond donors (Lipinski definition) is 0. The summed E-state index contributed by atoms with van der Waals surface area (Å²) in [5.41, 5.74) is 1.11. The number of carbonyl (C=O) groups excluding carboxylic acids is 1. The summed E-state index contributed by atoms with van der Waals surface area (Å²) in [5, 5.41) is 0.541. The van der Waals surface area contributed by atoms with Crippen molar-refractivity contribution >= 4 is 39.1 Å². The van der Waals surface area contributed by atoms with Crippen molar-refractivity contribution in [2.45, 2.75) is 6.54 Å². The van der Waals surface area contributed by atoms with Crippen LogP contribution in [0, 0.1) is 12.3 Å². The molecule has 6 nitrogen and oxygen atoms in total. The number of fused-ring (bicyclic) bond motifs is 2. The molecular weight excluding hydrogens is 400 g/mol. The molecule has 1 amide bonds. The molecule has 2 aromatic carbocycles. The van der Waals surface area contributed by atoms with Crippen LogP contribution in [0.1, 0.15) is 10.4 Å². The molecule has 1 aliphatic rings. The second-order valence-electron chi connectivity index (χ2n) is 5.88. The van der Waals surface area contributed by atoms with E-state index < -0.39 is 5.91 Å². The molecule has 0 bridgehead atoms. The summed E-state index contributed by atoms with van der Waals surface area (Å²) in [6, 6.07) is 8.50. The van der Waals surface area contributed by atoms with Crippen LogP contribution in [0.2, 0.25) is 5.02 Å². The maximum absolute atomic E-state index is 12.8. The van der Waals surface area contributed by atoms with E-state index in [-0.39, 0.29) is 6.54 Å². The summed E-state index contributed by atoms with van der Waals surface area (Å²) in [6.45, 7) is 1.16. The first-order valence-electron chi connectivity index (χ1n) is 8.40. The zero-order chi connectivity index (χ0) is 19.7. The number of terminal acetylenes is 1. The van der Waals surface area contributed by atoms with Crippen molar-refractivity contribution in [2.75, 3.05) is 20.3 Å². The Morgan fingerprint density at radius 3 is 2.86 bits per heavy atom. The average molecular weight is 415 g/mol. The van der Waals surface area contributed by atoms with Crippen molar-refractivity contribution in [2.24, 2.45) is 4.99 Å². The summed E-state index contributed by atoms with van der Waals surface area (Å²) in [6.07, 6.45) is 5.53. The van der Waals surface area contributed by atoms with Crippen molar-refractivity contribution in [1.29, 1.82) is 0 Å². The standard InChI is InChI=1S/C20H15ClN2O4S/c1-3-8-23-17-15(25-2)7-5-13(21)18(17)28-20(23)22-19(24)12-4-6-14-16(11-12)27-10-9-26-14/h1,4-7,11H,8-10H2,2H3. The van der Waals surface area contributed by atoms with Gasteiger partial charge in [-0.1, -0.05) is 28.9 Å². The molecule has 1 aromatic heterocycles. The molecule has 0 N–H and O–H groups in total. The molecule has 3 aromatic rings. The summed E-state index contributed by atoms with van der Waals surface area (Å²) in [4.78, 5) is 17.5. The predicted octanol–water partition coefficient (Wildman–Crippen LogP) is 3.51. The third-order valence-electron chi connectivity index (χ3n) is 4.20. The van der Waals surface area contributed by atoms with E-state index in [9.17, 15) is 4.79 Å². The summed E-state index contributed by atoms with van der Waals surface area (Å²) in [5.74, 6) is 3.93. The van der Waals surface area contributed by atoms with Gasteiger partial charge in [-0.2, -0.15) is 4.99 Å². The molecule has 0 radical (unpaired) electrons. The van der Waals surface area contributed by atoms with Gasteiger partial charge in [0, 0.05) is 5.56 Å². The van der Waals surface area contributed by atoms with Crippen LogP contribution >= 0.6 is 22.9 Å². The third kappa shape index (κ3) is 3.21. The molecule has 2 heterocycles. The van der Waals surface area contributed by atoms with Gasteiger partial charge in [0.05, 0.1) is 23.4 Å². The molecule has 0 saturated heterocycles. The monoisotopic (exact) mass is 414 g/mol. The lowest BCUT2D eigenvalue weighted by Crippen LogP contribution is -2.18. The van der Waals surface area contributed by atoms with Crippen LogP contribution in [0.15, 0.2) is 35.3 Å². The lowest BCUT2D eigenvalue weighted by molar-refractivity contribution is 0.0996. The Kier molecular flexibility index (Phi) is 4.99. The molecule has 8 heteroatoms. The van der Waals surface area contributed by atoms with Crippen molar-refractivity contribution in [3.63, 3.8) is 0 Å². The van der Waals surface area contributed by atoms with Crippen molar-refractivity contribution in [1.82, 2.24) is 4.57 Å². The third-order valence-corrected chi connectivity index (χ3v) is 5.73. The molecular formula is C20H15ClN2O4S. The Bertz CT molecular complexity index is 1190. The normalized spacial score (nSPS) is 13.4. The van der Waals surface area contributed by atoms with Gasteiger partial charge in [-0.3, -0.25) is 4.79 Å². The van der Waals surface area contributed by atoms with Gasteiger partial charge in [-0.15, -0.1) is 6.42 Å². The number of nitrogens with zero attached hydrogens (tertiary/aromatic N) is 2. The summed E-state index contributed by atoms with van der Waals surface area (Å²) >= 11 is 7.62. The Morgan fingerprint density at radius 2 is 2.11 bits per heavy atom. The van der Waals surface area contributed by atoms with E-state index in [1.165, 1.54) is 11.3 Å². The molecule has 0 fully saturated rings. The molecule has 142 valence electrons. The highest BCUT2D eigenvalue weighted by molar-refractivity contribution is 7.17. The Hall–Kier alpha value is -2.95. The van der Waals surface area contributed by atoms with Gasteiger partial charge < -0.3 is 18.8 Å². The van der Waals surface area contributed by atoms with Gasteiger partial charge in [0.1, 0.15) is 24.5 Å². The molecule has 0 aliphatic carbocycles. The number of aromatic nitrogens is 1. The number of rotatable bonds is 3. The second kappa shape index (κ2) is 7.58. The zero-order valence-corrected chi connectivity index (χ0v) is 16.5. The van der Waals surface area contributed by atoms with Crippen LogP contribution in [0.3, 0.4) is 0 Å². The number of ether oxygens (including phenoxy) is 3. The highest BCUT2D eigenvalue weighted by atomic mass is 35.5. The Balaban J connectivity index is 1.85. The summed E-state index contributed by atoms with van der Waals surface area (Å²) < 4.78 is 19.0. The SMILES string of the molecule is C#CCn1c(=NC(=O)c2ccc3c(c2)OCCO3)sc2c(Cl)ccc(OC)c21. The highest BCUT2D eigenvalue weighted by Gasteiger charge is 2.17. The predicted molar refractivity (Wildman–Crippen MR) is 108 cm³/mol. The van der Waals surface area contributed by atoms with E-state index in [0.29, 0.717) is 51.4 Å². The number of thiazole rings is 1. The lowest BCUT2D eigenvalue weighted by atomic mass is 10.2. The van der Waals surface area contributed by atoms with Gasteiger partial charge in [0.25, 0.3) is 5.91 Å². The van der Waals surface area contributed by atoms with Crippen LogP contribution < -0.4 is 19.0 Å². The van der Waals surface area contributed by atoms with E-state index >= 15 is 0 Å². The number of hydrogen-bond acceptors (Lipinski definition) is 5. The minimum Gasteiger partial charge on any atom is -0.495 e. The molecule has 1 aliphatic heterocycles. The number of benzene rings is 2. The maximum atomic E-state index is 12.8. The number of amides is 1. The Morgan fingerprint density at radius 1 is 1.32 bits per heavy atom. The van der Waals surface area contributed by atoms with E-state index in [1.807, 2.05) is 0 Å². The van der Waals surface area contributed by atoms with Crippen LogP contribution in [-0.4, -0.2) is 30.8 Å². The number of carbonyl (C=O) groups is 1. The van der Waals surface area contributed by atoms with Crippen LogP contribution in [-0.2, 0) is 6.54 Å². The summed E-state index contributed by atoms with van der Waals surface area (Å²) in [7, 11) is 1.57. The van der Waals surface area contributed by atoms with Crippen molar-refractivity contribution < 1.29 is 19.0 Å². The first-order chi connectivity index (χ1) is 13.6. The van der Waals surface area contributed by atoms with Gasteiger partial charge >= 0.3 is 0 Å².